The SMILES string of the molecule is COc1ccc(C(OC[C@H]2O[C@@H](c3cccc(C)c3)C[C@@H]2O)(c2ccccc2)c2ccc(OC)cc2)cc1. The summed E-state index contributed by atoms with van der Waals surface area (Å²) >= 11 is 0. The molecular weight excluding hydrogens is 476 g/mol. The van der Waals surface area contributed by atoms with E-state index in [9.17, 15) is 5.11 Å². The van der Waals surface area contributed by atoms with Gasteiger partial charge in [0.05, 0.1) is 33.0 Å². The molecule has 0 aromatic heterocycles. The van der Waals surface area contributed by atoms with Crippen LogP contribution in [0.2, 0.25) is 0 Å². The van der Waals surface area contributed by atoms with Gasteiger partial charge in [0.25, 0.3) is 0 Å². The summed E-state index contributed by atoms with van der Waals surface area (Å²) in [4.78, 5) is 0. The third-order valence-corrected chi connectivity index (χ3v) is 7.28. The van der Waals surface area contributed by atoms with Crippen molar-refractivity contribution in [3.63, 3.8) is 0 Å². The Labute approximate surface area is 224 Å². The fourth-order valence-corrected chi connectivity index (χ4v) is 5.25. The molecule has 4 aromatic rings. The Balaban J connectivity index is 1.53. The van der Waals surface area contributed by atoms with Crippen LogP contribution < -0.4 is 9.47 Å². The molecule has 38 heavy (non-hydrogen) atoms. The number of aliphatic hydroxyl groups excluding tert-OH is 1. The minimum atomic E-state index is -0.954. The summed E-state index contributed by atoms with van der Waals surface area (Å²) in [7, 11) is 3.31. The van der Waals surface area contributed by atoms with E-state index in [1.165, 1.54) is 5.56 Å². The first-order valence-electron chi connectivity index (χ1n) is 12.9. The van der Waals surface area contributed by atoms with Crippen molar-refractivity contribution in [1.29, 1.82) is 0 Å². The van der Waals surface area contributed by atoms with E-state index in [1.54, 1.807) is 14.2 Å². The van der Waals surface area contributed by atoms with Gasteiger partial charge in [0, 0.05) is 6.42 Å². The van der Waals surface area contributed by atoms with Gasteiger partial charge < -0.3 is 24.1 Å². The van der Waals surface area contributed by atoms with Crippen molar-refractivity contribution in [2.45, 2.75) is 37.3 Å². The number of hydrogen-bond acceptors (Lipinski definition) is 5. The molecule has 0 saturated carbocycles. The van der Waals surface area contributed by atoms with Gasteiger partial charge in [0.2, 0.25) is 0 Å². The first-order chi connectivity index (χ1) is 18.5. The highest BCUT2D eigenvalue weighted by molar-refractivity contribution is 5.49. The van der Waals surface area contributed by atoms with Gasteiger partial charge in [0.15, 0.2) is 0 Å². The molecule has 0 radical (unpaired) electrons. The molecule has 0 bridgehead atoms. The third-order valence-electron chi connectivity index (χ3n) is 7.28. The van der Waals surface area contributed by atoms with E-state index in [-0.39, 0.29) is 12.7 Å². The Morgan fingerprint density at radius 3 is 1.89 bits per heavy atom. The summed E-state index contributed by atoms with van der Waals surface area (Å²) in [6.07, 6.45) is -0.756. The Bertz CT molecular complexity index is 1270. The van der Waals surface area contributed by atoms with Gasteiger partial charge in [-0.15, -0.1) is 0 Å². The molecule has 0 amide bonds. The number of aliphatic hydroxyl groups is 1. The maximum absolute atomic E-state index is 11.0. The summed E-state index contributed by atoms with van der Waals surface area (Å²) in [5.74, 6) is 1.53. The van der Waals surface area contributed by atoms with E-state index in [2.05, 4.69) is 37.3 Å². The standard InChI is InChI=1S/C33H34O5/c1-23-8-7-9-24(20-23)31-21-30(34)32(38-31)22-37-33(25-10-5-4-6-11-25,26-12-16-28(35-2)17-13-26)27-14-18-29(36-3)19-15-27/h4-20,30-32,34H,21-22H2,1-3H3/t30-,31+,32+/m0/s1. The van der Waals surface area contributed by atoms with Gasteiger partial charge in [-0.3, -0.25) is 0 Å². The monoisotopic (exact) mass is 510 g/mol. The van der Waals surface area contributed by atoms with Crippen molar-refractivity contribution in [3.8, 4) is 11.5 Å². The Morgan fingerprint density at radius 2 is 1.34 bits per heavy atom. The van der Waals surface area contributed by atoms with Crippen molar-refractivity contribution in [3.05, 3.63) is 131 Å². The molecule has 1 aliphatic rings. The highest BCUT2D eigenvalue weighted by Crippen LogP contribution is 2.43. The zero-order chi connectivity index (χ0) is 26.5. The van der Waals surface area contributed by atoms with Crippen molar-refractivity contribution in [2.24, 2.45) is 0 Å². The summed E-state index contributed by atoms with van der Waals surface area (Å²) < 4.78 is 24.2. The topological polar surface area (TPSA) is 57.2 Å². The minimum absolute atomic E-state index is 0.174. The van der Waals surface area contributed by atoms with Crippen molar-refractivity contribution in [1.82, 2.24) is 0 Å². The van der Waals surface area contributed by atoms with Crippen LogP contribution in [0.4, 0.5) is 0 Å². The largest absolute Gasteiger partial charge is 0.497 e. The first-order valence-corrected chi connectivity index (χ1v) is 12.9. The summed E-state index contributed by atoms with van der Waals surface area (Å²) in [6, 6.07) is 34.3. The molecule has 4 aromatic carbocycles. The zero-order valence-corrected chi connectivity index (χ0v) is 22.0. The molecule has 1 heterocycles. The van der Waals surface area contributed by atoms with Crippen LogP contribution in [0.25, 0.3) is 0 Å². The third kappa shape index (κ3) is 5.18. The van der Waals surface area contributed by atoms with E-state index in [1.807, 2.05) is 72.8 Å². The number of benzene rings is 4. The number of ether oxygens (including phenoxy) is 4. The lowest BCUT2D eigenvalue weighted by Gasteiger charge is -2.37. The maximum atomic E-state index is 11.0. The molecule has 3 atom stereocenters. The van der Waals surface area contributed by atoms with Gasteiger partial charge in [-0.05, 0) is 53.4 Å². The molecule has 1 fully saturated rings. The fourth-order valence-electron chi connectivity index (χ4n) is 5.25. The molecule has 1 N–H and O–H groups in total. The van der Waals surface area contributed by atoms with Crippen molar-refractivity contribution in [2.75, 3.05) is 20.8 Å². The molecule has 5 heteroatoms. The molecule has 5 rings (SSSR count). The average molecular weight is 511 g/mol. The Morgan fingerprint density at radius 1 is 0.763 bits per heavy atom. The summed E-state index contributed by atoms with van der Waals surface area (Å²) in [5, 5.41) is 11.0. The highest BCUT2D eigenvalue weighted by Gasteiger charge is 2.41. The normalized spacial score (nSPS) is 19.3. The quantitative estimate of drug-likeness (QED) is 0.271. The molecule has 1 aliphatic heterocycles. The van der Waals surface area contributed by atoms with Crippen LogP contribution in [-0.2, 0) is 15.1 Å². The van der Waals surface area contributed by atoms with Gasteiger partial charge in [-0.25, -0.2) is 0 Å². The number of aryl methyl sites for hydroxylation is 1. The van der Waals surface area contributed by atoms with E-state index in [0.717, 1.165) is 33.8 Å². The van der Waals surface area contributed by atoms with E-state index in [4.69, 9.17) is 18.9 Å². The molecule has 5 nitrogen and oxygen atoms in total. The van der Waals surface area contributed by atoms with Crippen molar-refractivity contribution >= 4 is 0 Å². The minimum Gasteiger partial charge on any atom is -0.497 e. The lowest BCUT2D eigenvalue weighted by Crippen LogP contribution is -2.38. The van der Waals surface area contributed by atoms with Gasteiger partial charge in [-0.1, -0.05) is 84.4 Å². The van der Waals surface area contributed by atoms with Crippen molar-refractivity contribution < 1.29 is 24.1 Å². The summed E-state index contributed by atoms with van der Waals surface area (Å²) in [6.45, 7) is 2.27. The number of methoxy groups -OCH3 is 2. The lowest BCUT2D eigenvalue weighted by atomic mass is 9.80. The second-order valence-corrected chi connectivity index (χ2v) is 9.70. The van der Waals surface area contributed by atoms with Gasteiger partial charge in [-0.2, -0.15) is 0 Å². The molecule has 0 spiro atoms. The molecule has 0 aliphatic carbocycles. The second-order valence-electron chi connectivity index (χ2n) is 9.70. The van der Waals surface area contributed by atoms with Crippen LogP contribution in [0.3, 0.4) is 0 Å². The predicted octanol–water partition coefficient (Wildman–Crippen LogP) is 6.21. The van der Waals surface area contributed by atoms with E-state index >= 15 is 0 Å². The van der Waals surface area contributed by atoms with Gasteiger partial charge >= 0.3 is 0 Å². The van der Waals surface area contributed by atoms with Crippen LogP contribution in [0.15, 0.2) is 103 Å². The number of rotatable bonds is 9. The number of hydrogen-bond donors (Lipinski definition) is 1. The maximum Gasteiger partial charge on any atom is 0.143 e. The van der Waals surface area contributed by atoms with Gasteiger partial charge in [0.1, 0.15) is 23.2 Å². The molecule has 0 unspecified atom stereocenters. The van der Waals surface area contributed by atoms with Crippen LogP contribution in [0, 0.1) is 6.92 Å². The Hall–Kier alpha value is -3.64. The Kier molecular flexibility index (Phi) is 7.79. The van der Waals surface area contributed by atoms with Crippen LogP contribution >= 0.6 is 0 Å². The molecule has 1 saturated heterocycles. The highest BCUT2D eigenvalue weighted by atomic mass is 16.6. The van der Waals surface area contributed by atoms with Crippen LogP contribution in [0.1, 0.15) is 40.3 Å². The summed E-state index contributed by atoms with van der Waals surface area (Å²) in [5.41, 5.74) is 4.14. The smallest absolute Gasteiger partial charge is 0.143 e. The van der Waals surface area contributed by atoms with E-state index < -0.39 is 17.8 Å². The first kappa shape index (κ1) is 26.0. The molecule has 196 valence electrons. The zero-order valence-electron chi connectivity index (χ0n) is 22.0. The second kappa shape index (κ2) is 11.4. The van der Waals surface area contributed by atoms with Crippen LogP contribution in [-0.4, -0.2) is 38.1 Å². The molecular formula is C33H34O5. The van der Waals surface area contributed by atoms with E-state index in [0.29, 0.717) is 6.42 Å². The fraction of sp³-hybridized carbons (Fsp3) is 0.273. The van der Waals surface area contributed by atoms with Crippen LogP contribution in [0.5, 0.6) is 11.5 Å². The average Bonchev–Trinajstić information content (AvgIpc) is 3.35. The predicted molar refractivity (Wildman–Crippen MR) is 148 cm³/mol. The lowest BCUT2D eigenvalue weighted by molar-refractivity contribution is -0.0828.